The van der Waals surface area contributed by atoms with Crippen molar-refractivity contribution in [1.29, 1.82) is 0 Å². The lowest BCUT2D eigenvalue weighted by Gasteiger charge is -2.32. The minimum atomic E-state index is -0.484. The van der Waals surface area contributed by atoms with Gasteiger partial charge in [-0.3, -0.25) is 0 Å². The average molecular weight is 388 g/mol. The standard InChI is InChI=1S/C21H33BN2O4/c1-14(2)26-18-15(3)16(13-23-19(25)24-11-8-12-24)9-10-17(18)22-27-20(4,5)21(6,7)28-22/h9-10,14H,8,11-13H2,1-7H3,(H,23,25). The number of ether oxygens (including phenoxy) is 1. The van der Waals surface area contributed by atoms with Crippen molar-refractivity contribution in [2.75, 3.05) is 13.1 Å². The minimum absolute atomic E-state index is 0.00740. The van der Waals surface area contributed by atoms with Crippen molar-refractivity contribution in [3.63, 3.8) is 0 Å². The Morgan fingerprint density at radius 2 is 1.82 bits per heavy atom. The number of benzene rings is 1. The van der Waals surface area contributed by atoms with E-state index in [9.17, 15) is 4.79 Å². The number of amides is 2. The Bertz CT molecular complexity index is 728. The van der Waals surface area contributed by atoms with Gasteiger partial charge in [0.25, 0.3) is 0 Å². The Hall–Kier alpha value is -1.73. The molecule has 7 heteroatoms. The van der Waals surface area contributed by atoms with Crippen LogP contribution in [0.1, 0.15) is 59.1 Å². The second-order valence-electron chi connectivity index (χ2n) is 9.02. The lowest BCUT2D eigenvalue weighted by atomic mass is 9.76. The molecule has 0 bridgehead atoms. The second kappa shape index (κ2) is 7.60. The summed E-state index contributed by atoms with van der Waals surface area (Å²) in [6.07, 6.45) is 1.10. The van der Waals surface area contributed by atoms with Gasteiger partial charge in [0.05, 0.1) is 17.3 Å². The van der Waals surface area contributed by atoms with Crippen molar-refractivity contribution in [1.82, 2.24) is 10.2 Å². The summed E-state index contributed by atoms with van der Waals surface area (Å²) < 4.78 is 18.6. The summed E-state index contributed by atoms with van der Waals surface area (Å²) in [6.45, 7) is 16.4. The summed E-state index contributed by atoms with van der Waals surface area (Å²) in [4.78, 5) is 14.0. The van der Waals surface area contributed by atoms with Gasteiger partial charge in [-0.05, 0) is 66.0 Å². The monoisotopic (exact) mass is 388 g/mol. The van der Waals surface area contributed by atoms with E-state index in [4.69, 9.17) is 14.0 Å². The highest BCUT2D eigenvalue weighted by atomic mass is 16.7. The van der Waals surface area contributed by atoms with Crippen molar-refractivity contribution >= 4 is 18.6 Å². The van der Waals surface area contributed by atoms with Gasteiger partial charge in [0.2, 0.25) is 0 Å². The predicted molar refractivity (Wildman–Crippen MR) is 111 cm³/mol. The van der Waals surface area contributed by atoms with E-state index in [1.165, 1.54) is 0 Å². The van der Waals surface area contributed by atoms with Crippen molar-refractivity contribution in [2.24, 2.45) is 0 Å². The van der Waals surface area contributed by atoms with E-state index in [2.05, 4.69) is 5.32 Å². The molecule has 0 radical (unpaired) electrons. The van der Waals surface area contributed by atoms with Crippen LogP contribution < -0.4 is 15.5 Å². The van der Waals surface area contributed by atoms with Crippen molar-refractivity contribution in [3.05, 3.63) is 23.3 Å². The highest BCUT2D eigenvalue weighted by Gasteiger charge is 2.52. The van der Waals surface area contributed by atoms with Crippen LogP contribution >= 0.6 is 0 Å². The van der Waals surface area contributed by atoms with Gasteiger partial charge in [0.1, 0.15) is 5.75 Å². The van der Waals surface area contributed by atoms with Gasteiger partial charge in [0.15, 0.2) is 0 Å². The summed E-state index contributed by atoms with van der Waals surface area (Å²) in [5.74, 6) is 0.782. The first-order chi connectivity index (χ1) is 13.0. The van der Waals surface area contributed by atoms with Crippen molar-refractivity contribution in [3.8, 4) is 5.75 Å². The molecule has 2 saturated heterocycles. The zero-order valence-electron chi connectivity index (χ0n) is 18.2. The lowest BCUT2D eigenvalue weighted by molar-refractivity contribution is 0.00578. The number of hydrogen-bond acceptors (Lipinski definition) is 4. The summed E-state index contributed by atoms with van der Waals surface area (Å²) in [5.41, 5.74) is 2.10. The fourth-order valence-corrected chi connectivity index (χ4v) is 3.29. The molecule has 3 rings (SSSR count). The smallest absolute Gasteiger partial charge is 0.491 e. The third-order valence-corrected chi connectivity index (χ3v) is 5.98. The summed E-state index contributed by atoms with van der Waals surface area (Å²) >= 11 is 0. The molecule has 154 valence electrons. The number of rotatable bonds is 5. The minimum Gasteiger partial charge on any atom is -0.491 e. The molecule has 1 aromatic carbocycles. The van der Waals surface area contributed by atoms with Crippen LogP contribution in [0.3, 0.4) is 0 Å². The van der Waals surface area contributed by atoms with Crippen LogP contribution in [0, 0.1) is 6.92 Å². The van der Waals surface area contributed by atoms with Crippen LogP contribution in [0.5, 0.6) is 5.75 Å². The van der Waals surface area contributed by atoms with E-state index in [1.54, 1.807) is 0 Å². The summed E-state index contributed by atoms with van der Waals surface area (Å²) in [6, 6.07) is 4.02. The maximum absolute atomic E-state index is 12.1. The van der Waals surface area contributed by atoms with Gasteiger partial charge in [-0.25, -0.2) is 4.79 Å². The molecule has 2 fully saturated rings. The SMILES string of the molecule is Cc1c(CNC(=O)N2CCC2)ccc(B2OC(C)(C)C(C)(C)O2)c1OC(C)C. The van der Waals surface area contributed by atoms with Crippen molar-refractivity contribution < 1.29 is 18.8 Å². The Balaban J connectivity index is 1.84. The molecule has 28 heavy (non-hydrogen) atoms. The fourth-order valence-electron chi connectivity index (χ4n) is 3.29. The first-order valence-electron chi connectivity index (χ1n) is 10.2. The Morgan fingerprint density at radius 1 is 1.21 bits per heavy atom. The molecule has 1 aromatic rings. The molecule has 6 nitrogen and oxygen atoms in total. The van der Waals surface area contributed by atoms with E-state index in [0.717, 1.165) is 41.8 Å². The zero-order chi connectivity index (χ0) is 20.7. The maximum atomic E-state index is 12.1. The number of nitrogens with one attached hydrogen (secondary N) is 1. The Labute approximate surface area is 169 Å². The Kier molecular flexibility index (Phi) is 5.70. The second-order valence-corrected chi connectivity index (χ2v) is 9.02. The topological polar surface area (TPSA) is 60.0 Å². The molecule has 2 aliphatic heterocycles. The highest BCUT2D eigenvalue weighted by Crippen LogP contribution is 2.37. The molecule has 1 N–H and O–H groups in total. The molecule has 2 aliphatic rings. The number of carbonyl (C=O) groups excluding carboxylic acids is 1. The predicted octanol–water partition coefficient (Wildman–Crippen LogP) is 3.00. The number of hydrogen-bond donors (Lipinski definition) is 1. The quantitative estimate of drug-likeness (QED) is 0.788. The van der Waals surface area contributed by atoms with Gasteiger partial charge < -0.3 is 24.3 Å². The molecule has 2 heterocycles. The molecule has 0 unspecified atom stereocenters. The normalized spacial score (nSPS) is 20.3. The van der Waals surface area contributed by atoms with E-state index >= 15 is 0 Å². The molecule has 0 aromatic heterocycles. The number of carbonyl (C=O) groups is 1. The van der Waals surface area contributed by atoms with Crippen LogP contribution in [0.2, 0.25) is 0 Å². The van der Waals surface area contributed by atoms with Gasteiger partial charge in [-0.15, -0.1) is 0 Å². The van der Waals surface area contributed by atoms with Gasteiger partial charge in [-0.1, -0.05) is 12.1 Å². The third kappa shape index (κ3) is 4.01. The van der Waals surface area contributed by atoms with Crippen LogP contribution in [0.15, 0.2) is 12.1 Å². The third-order valence-electron chi connectivity index (χ3n) is 5.98. The van der Waals surface area contributed by atoms with Crippen LogP contribution in [0.25, 0.3) is 0 Å². The fraction of sp³-hybridized carbons (Fsp3) is 0.667. The molecular weight excluding hydrogens is 355 g/mol. The van der Waals surface area contributed by atoms with Crippen molar-refractivity contribution in [2.45, 2.75) is 78.7 Å². The zero-order valence-corrected chi connectivity index (χ0v) is 18.2. The highest BCUT2D eigenvalue weighted by molar-refractivity contribution is 6.63. The first kappa shape index (κ1) is 21.0. The van der Waals surface area contributed by atoms with Gasteiger partial charge in [0, 0.05) is 25.1 Å². The Morgan fingerprint density at radius 3 is 2.32 bits per heavy atom. The molecule has 2 amide bonds. The number of urea groups is 1. The molecule has 0 saturated carbocycles. The van der Waals surface area contributed by atoms with Gasteiger partial charge >= 0.3 is 13.1 Å². The summed E-state index contributed by atoms with van der Waals surface area (Å²) in [7, 11) is -0.484. The van der Waals surface area contributed by atoms with Crippen LogP contribution in [-0.4, -0.2) is 48.4 Å². The van der Waals surface area contributed by atoms with E-state index in [1.807, 2.05) is 65.5 Å². The van der Waals surface area contributed by atoms with E-state index < -0.39 is 18.3 Å². The number of likely N-dealkylation sites (tertiary alicyclic amines) is 1. The van der Waals surface area contributed by atoms with Crippen LogP contribution in [-0.2, 0) is 15.9 Å². The van der Waals surface area contributed by atoms with Gasteiger partial charge in [-0.2, -0.15) is 0 Å². The molecular formula is C21H33BN2O4. The average Bonchev–Trinajstić information content (AvgIpc) is 2.74. The van der Waals surface area contributed by atoms with E-state index in [-0.39, 0.29) is 12.1 Å². The maximum Gasteiger partial charge on any atom is 0.498 e. The van der Waals surface area contributed by atoms with E-state index in [0.29, 0.717) is 6.54 Å². The summed E-state index contributed by atoms with van der Waals surface area (Å²) in [5, 5.41) is 3.01. The molecule has 0 spiro atoms. The first-order valence-corrected chi connectivity index (χ1v) is 10.2. The lowest BCUT2D eigenvalue weighted by Crippen LogP contribution is -2.47. The molecule has 0 atom stereocenters. The molecule has 0 aliphatic carbocycles. The number of nitrogens with zero attached hydrogens (tertiary/aromatic N) is 1. The largest absolute Gasteiger partial charge is 0.498 e. The van der Waals surface area contributed by atoms with Crippen LogP contribution in [0.4, 0.5) is 4.79 Å².